The van der Waals surface area contributed by atoms with Gasteiger partial charge in [-0.15, -0.1) is 0 Å². The summed E-state index contributed by atoms with van der Waals surface area (Å²) in [4.78, 5) is 49.3. The van der Waals surface area contributed by atoms with Gasteiger partial charge in [0.05, 0.1) is 7.11 Å². The molecule has 0 saturated heterocycles. The Kier molecular flexibility index (Phi) is 13.3. The molecule has 9 heteroatoms. The molecule has 3 unspecified atom stereocenters. The lowest BCUT2D eigenvalue weighted by Crippen LogP contribution is -2.53. The summed E-state index contributed by atoms with van der Waals surface area (Å²) in [6.45, 7) is 11.2. The summed E-state index contributed by atoms with van der Waals surface area (Å²) in [6.07, 6.45) is 1.63. The van der Waals surface area contributed by atoms with Crippen molar-refractivity contribution in [1.29, 1.82) is 0 Å². The molecule has 0 spiro atoms. The maximum absolute atomic E-state index is 12.6. The van der Waals surface area contributed by atoms with Crippen LogP contribution in [0.1, 0.15) is 85.6 Å². The van der Waals surface area contributed by atoms with E-state index in [2.05, 4.69) is 0 Å². The molecule has 0 aromatic heterocycles. The molecule has 1 aromatic carbocycles. The molecule has 0 radical (unpaired) electrons. The van der Waals surface area contributed by atoms with E-state index < -0.39 is 35.5 Å². The van der Waals surface area contributed by atoms with Crippen LogP contribution in [0.5, 0.6) is 11.5 Å². The van der Waals surface area contributed by atoms with E-state index in [4.69, 9.17) is 24.7 Å². The van der Waals surface area contributed by atoms with E-state index in [1.54, 1.807) is 19.9 Å². The fourth-order valence-electron chi connectivity index (χ4n) is 3.67. The molecule has 1 aromatic rings. The number of benzene rings is 1. The highest BCUT2D eigenvalue weighted by Crippen LogP contribution is 2.32. The largest absolute Gasteiger partial charge is 0.468 e. The minimum absolute atomic E-state index is 0.00466. The Labute approximate surface area is 220 Å². The SMILES string of the molecule is CCC(=O)OC(C)C[C@@](N)(Cc1ccc(OC(=O)CC(C)CC)c(OC(=O)CC(C)CC)c1)C(=O)OC. The van der Waals surface area contributed by atoms with Crippen LogP contribution in [0.3, 0.4) is 0 Å². The average molecular weight is 522 g/mol. The Balaban J connectivity index is 3.28. The van der Waals surface area contributed by atoms with Gasteiger partial charge in [-0.1, -0.05) is 53.5 Å². The molecule has 0 amide bonds. The predicted octanol–water partition coefficient (Wildman–Crippen LogP) is 4.51. The number of carbonyl (C=O) groups is 4. The number of hydrogen-bond acceptors (Lipinski definition) is 9. The van der Waals surface area contributed by atoms with Gasteiger partial charge in [-0.25, -0.2) is 0 Å². The van der Waals surface area contributed by atoms with Crippen LogP contribution < -0.4 is 15.2 Å². The van der Waals surface area contributed by atoms with Gasteiger partial charge in [0, 0.05) is 32.1 Å². The molecule has 0 aliphatic carbocycles. The first-order chi connectivity index (χ1) is 17.4. The third kappa shape index (κ3) is 10.9. The van der Waals surface area contributed by atoms with Crippen molar-refractivity contribution in [1.82, 2.24) is 0 Å². The van der Waals surface area contributed by atoms with Gasteiger partial charge in [-0.3, -0.25) is 19.2 Å². The molecular formula is C28H43NO8. The molecular weight excluding hydrogens is 478 g/mol. The molecule has 0 aliphatic rings. The normalized spacial score (nSPS) is 15.0. The van der Waals surface area contributed by atoms with E-state index in [-0.39, 0.29) is 55.4 Å². The third-order valence-electron chi connectivity index (χ3n) is 6.26. The maximum atomic E-state index is 12.6. The van der Waals surface area contributed by atoms with Gasteiger partial charge in [-0.2, -0.15) is 0 Å². The molecule has 37 heavy (non-hydrogen) atoms. The number of carbonyl (C=O) groups excluding carboxylic acids is 4. The van der Waals surface area contributed by atoms with E-state index in [0.717, 1.165) is 12.8 Å². The summed E-state index contributed by atoms with van der Waals surface area (Å²) in [5.74, 6) is -1.53. The zero-order valence-electron chi connectivity index (χ0n) is 23.3. The summed E-state index contributed by atoms with van der Waals surface area (Å²) >= 11 is 0. The first-order valence-electron chi connectivity index (χ1n) is 13.0. The monoisotopic (exact) mass is 521 g/mol. The van der Waals surface area contributed by atoms with Gasteiger partial charge >= 0.3 is 23.9 Å². The summed E-state index contributed by atoms with van der Waals surface area (Å²) in [5.41, 5.74) is 5.50. The molecule has 1 rings (SSSR count). The molecule has 0 heterocycles. The van der Waals surface area contributed by atoms with Gasteiger partial charge in [0.1, 0.15) is 11.6 Å². The van der Waals surface area contributed by atoms with E-state index in [9.17, 15) is 19.2 Å². The fourth-order valence-corrected chi connectivity index (χ4v) is 3.67. The molecule has 2 N–H and O–H groups in total. The van der Waals surface area contributed by atoms with Crippen molar-refractivity contribution in [3.8, 4) is 11.5 Å². The summed E-state index contributed by atoms with van der Waals surface area (Å²) in [5, 5.41) is 0. The van der Waals surface area contributed by atoms with Crippen molar-refractivity contribution in [2.75, 3.05) is 7.11 Å². The molecule has 0 fully saturated rings. The maximum Gasteiger partial charge on any atom is 0.326 e. The van der Waals surface area contributed by atoms with Crippen molar-refractivity contribution in [3.05, 3.63) is 23.8 Å². The molecule has 4 atom stereocenters. The zero-order chi connectivity index (χ0) is 28.2. The topological polar surface area (TPSA) is 131 Å². The summed E-state index contributed by atoms with van der Waals surface area (Å²) in [7, 11) is 1.23. The first-order valence-corrected chi connectivity index (χ1v) is 13.0. The Morgan fingerprint density at radius 3 is 1.89 bits per heavy atom. The van der Waals surface area contributed by atoms with Crippen molar-refractivity contribution >= 4 is 23.9 Å². The lowest BCUT2D eigenvalue weighted by atomic mass is 9.86. The highest BCUT2D eigenvalue weighted by Gasteiger charge is 2.38. The van der Waals surface area contributed by atoms with Crippen molar-refractivity contribution < 1.29 is 38.1 Å². The van der Waals surface area contributed by atoms with Crippen LogP contribution in [-0.2, 0) is 35.1 Å². The number of nitrogens with two attached hydrogens (primary N) is 1. The van der Waals surface area contributed by atoms with E-state index in [0.29, 0.717) is 5.56 Å². The minimum atomic E-state index is -1.52. The quantitative estimate of drug-likeness (QED) is 0.261. The third-order valence-corrected chi connectivity index (χ3v) is 6.26. The Morgan fingerprint density at radius 2 is 1.41 bits per heavy atom. The molecule has 9 nitrogen and oxygen atoms in total. The number of ether oxygens (including phenoxy) is 4. The second-order valence-electron chi connectivity index (χ2n) is 9.85. The van der Waals surface area contributed by atoms with Crippen LogP contribution >= 0.6 is 0 Å². The van der Waals surface area contributed by atoms with E-state index in [1.165, 1.54) is 19.2 Å². The van der Waals surface area contributed by atoms with Gasteiger partial charge in [0.2, 0.25) is 0 Å². The van der Waals surface area contributed by atoms with Gasteiger partial charge in [-0.05, 0) is 36.5 Å². The van der Waals surface area contributed by atoms with Crippen LogP contribution in [0.15, 0.2) is 18.2 Å². The highest BCUT2D eigenvalue weighted by atomic mass is 16.6. The van der Waals surface area contributed by atoms with Crippen molar-refractivity contribution in [2.45, 2.75) is 98.1 Å². The van der Waals surface area contributed by atoms with Crippen molar-refractivity contribution in [2.24, 2.45) is 17.6 Å². The number of esters is 4. The lowest BCUT2D eigenvalue weighted by molar-refractivity contribution is -0.154. The van der Waals surface area contributed by atoms with Crippen LogP contribution in [0, 0.1) is 11.8 Å². The number of rotatable bonds is 15. The number of methoxy groups -OCH3 is 1. The van der Waals surface area contributed by atoms with Crippen LogP contribution in [0.25, 0.3) is 0 Å². The standard InChI is InChI=1S/C28H43NO8/c1-8-18(4)13-25(31)36-22-12-11-21(15-23(22)37-26(32)14-19(5)9-2)17-28(29,27(33)34-7)16-20(6)35-24(30)10-3/h11-12,15,18-20H,8-10,13-14,16-17,29H2,1-7H3/t18?,19?,20?,28-/m1/s1. The summed E-state index contributed by atoms with van der Waals surface area (Å²) in [6, 6.07) is 4.70. The van der Waals surface area contributed by atoms with Crippen LogP contribution in [0.2, 0.25) is 0 Å². The molecule has 0 bridgehead atoms. The Bertz CT molecular complexity index is 931. The van der Waals surface area contributed by atoms with E-state index in [1.807, 2.05) is 27.7 Å². The minimum Gasteiger partial charge on any atom is -0.468 e. The molecule has 0 saturated carbocycles. The summed E-state index contributed by atoms with van der Waals surface area (Å²) < 4.78 is 21.4. The molecule has 0 aliphatic heterocycles. The van der Waals surface area contributed by atoms with Crippen LogP contribution in [-0.4, -0.2) is 42.6 Å². The highest BCUT2D eigenvalue weighted by molar-refractivity contribution is 5.81. The Morgan fingerprint density at radius 1 is 0.865 bits per heavy atom. The predicted molar refractivity (Wildman–Crippen MR) is 139 cm³/mol. The smallest absolute Gasteiger partial charge is 0.326 e. The first kappa shape index (κ1) is 32.1. The number of hydrogen-bond donors (Lipinski definition) is 1. The fraction of sp³-hybridized carbons (Fsp3) is 0.643. The Hall–Kier alpha value is -2.94. The molecule has 208 valence electrons. The van der Waals surface area contributed by atoms with Gasteiger partial charge in [0.15, 0.2) is 11.5 Å². The van der Waals surface area contributed by atoms with E-state index >= 15 is 0 Å². The van der Waals surface area contributed by atoms with Crippen LogP contribution in [0.4, 0.5) is 0 Å². The van der Waals surface area contributed by atoms with Gasteiger partial charge in [0.25, 0.3) is 0 Å². The zero-order valence-corrected chi connectivity index (χ0v) is 23.3. The van der Waals surface area contributed by atoms with Crippen molar-refractivity contribution in [3.63, 3.8) is 0 Å². The van der Waals surface area contributed by atoms with Gasteiger partial charge < -0.3 is 24.7 Å². The second-order valence-corrected chi connectivity index (χ2v) is 9.85. The second kappa shape index (κ2) is 15.3. The lowest BCUT2D eigenvalue weighted by Gasteiger charge is -2.29. The average Bonchev–Trinajstić information content (AvgIpc) is 2.84.